The lowest BCUT2D eigenvalue weighted by atomic mass is 9.74. The van der Waals surface area contributed by atoms with Gasteiger partial charge in [0, 0.05) is 28.4 Å². The third-order valence-corrected chi connectivity index (χ3v) is 7.27. The lowest BCUT2D eigenvalue weighted by Crippen LogP contribution is -2.26. The van der Waals surface area contributed by atoms with Crippen molar-refractivity contribution < 1.29 is 19.1 Å². The van der Waals surface area contributed by atoms with Crippen LogP contribution < -0.4 is 5.32 Å². The van der Waals surface area contributed by atoms with Gasteiger partial charge < -0.3 is 10.4 Å². The van der Waals surface area contributed by atoms with Crippen molar-refractivity contribution in [2.45, 2.75) is 44.9 Å². The monoisotopic (exact) mass is 531 g/mol. The molecule has 0 aromatic heterocycles. The standard InChI is InChI=1S/C32H31ClFNO3/c1-3-5-25(21-9-11-23(12-10-21)32(38)35-19-18-29(36)37)30(22-13-15-24(33)16-14-22)27-6-4-7-28-26(27)17-8-20(2)31(28)34/h4,6-17,25,30H,3,5,18-19H2,1-2H3,(H,35,38)(H,36,37). The van der Waals surface area contributed by atoms with Gasteiger partial charge in [-0.3, -0.25) is 9.59 Å². The van der Waals surface area contributed by atoms with Crippen molar-refractivity contribution in [3.8, 4) is 0 Å². The second-order valence-electron chi connectivity index (χ2n) is 9.58. The van der Waals surface area contributed by atoms with Crippen molar-refractivity contribution in [1.29, 1.82) is 0 Å². The van der Waals surface area contributed by atoms with Crippen LogP contribution in [0.4, 0.5) is 4.39 Å². The minimum atomic E-state index is -0.959. The topological polar surface area (TPSA) is 66.4 Å². The summed E-state index contributed by atoms with van der Waals surface area (Å²) in [7, 11) is 0. The Morgan fingerprint density at radius 3 is 2.26 bits per heavy atom. The molecule has 1 amide bonds. The van der Waals surface area contributed by atoms with Gasteiger partial charge in [-0.1, -0.05) is 79.5 Å². The van der Waals surface area contributed by atoms with Gasteiger partial charge in [0.25, 0.3) is 5.91 Å². The fourth-order valence-corrected chi connectivity index (χ4v) is 5.25. The number of hydrogen-bond acceptors (Lipinski definition) is 2. The zero-order valence-corrected chi connectivity index (χ0v) is 22.3. The fourth-order valence-electron chi connectivity index (χ4n) is 5.13. The third kappa shape index (κ3) is 6.05. The fraction of sp³-hybridized carbons (Fsp3) is 0.250. The van der Waals surface area contributed by atoms with E-state index in [1.54, 1.807) is 19.1 Å². The van der Waals surface area contributed by atoms with E-state index in [1.165, 1.54) is 0 Å². The number of benzene rings is 4. The Labute approximate surface area is 227 Å². The van der Waals surface area contributed by atoms with Crippen LogP contribution in [0.1, 0.15) is 70.6 Å². The van der Waals surface area contributed by atoms with E-state index < -0.39 is 5.97 Å². The first kappa shape index (κ1) is 27.3. The smallest absolute Gasteiger partial charge is 0.305 e. The molecule has 0 spiro atoms. The van der Waals surface area contributed by atoms with Crippen LogP contribution in [0.25, 0.3) is 10.8 Å². The van der Waals surface area contributed by atoms with Gasteiger partial charge in [0.2, 0.25) is 0 Å². The van der Waals surface area contributed by atoms with Gasteiger partial charge in [-0.15, -0.1) is 0 Å². The maximum Gasteiger partial charge on any atom is 0.305 e. The Morgan fingerprint density at radius 1 is 0.921 bits per heavy atom. The maximum atomic E-state index is 15.1. The van der Waals surface area contributed by atoms with Crippen LogP contribution in [0, 0.1) is 12.7 Å². The Hall–Kier alpha value is -3.70. The number of hydrogen-bond donors (Lipinski definition) is 2. The number of amides is 1. The van der Waals surface area contributed by atoms with E-state index in [2.05, 4.69) is 18.3 Å². The molecule has 0 saturated heterocycles. The summed E-state index contributed by atoms with van der Waals surface area (Å²) in [6.07, 6.45) is 1.68. The highest BCUT2D eigenvalue weighted by Crippen LogP contribution is 2.44. The predicted octanol–water partition coefficient (Wildman–Crippen LogP) is 7.86. The van der Waals surface area contributed by atoms with Crippen LogP contribution in [0.2, 0.25) is 5.02 Å². The summed E-state index contributed by atoms with van der Waals surface area (Å²) in [4.78, 5) is 23.2. The zero-order valence-electron chi connectivity index (χ0n) is 21.5. The van der Waals surface area contributed by atoms with Crippen LogP contribution in [0.3, 0.4) is 0 Å². The molecular weight excluding hydrogens is 501 g/mol. The van der Waals surface area contributed by atoms with Crippen molar-refractivity contribution in [1.82, 2.24) is 5.32 Å². The van der Waals surface area contributed by atoms with Crippen LogP contribution in [0.5, 0.6) is 0 Å². The van der Waals surface area contributed by atoms with Crippen molar-refractivity contribution in [2.75, 3.05) is 6.54 Å². The third-order valence-electron chi connectivity index (χ3n) is 7.01. The first-order valence-corrected chi connectivity index (χ1v) is 13.2. The van der Waals surface area contributed by atoms with Crippen LogP contribution in [0.15, 0.2) is 78.9 Å². The second-order valence-corrected chi connectivity index (χ2v) is 10.0. The minimum Gasteiger partial charge on any atom is -0.481 e. The molecule has 0 radical (unpaired) electrons. The number of carboxylic acid groups (broad SMARTS) is 1. The zero-order chi connectivity index (χ0) is 27.2. The largest absolute Gasteiger partial charge is 0.481 e. The average molecular weight is 532 g/mol. The summed E-state index contributed by atoms with van der Waals surface area (Å²) < 4.78 is 15.1. The molecule has 4 aromatic rings. The van der Waals surface area contributed by atoms with E-state index in [-0.39, 0.29) is 36.5 Å². The lowest BCUT2D eigenvalue weighted by molar-refractivity contribution is -0.136. The predicted molar refractivity (Wildman–Crippen MR) is 151 cm³/mol. The molecule has 38 heavy (non-hydrogen) atoms. The number of carbonyl (C=O) groups is 2. The SMILES string of the molecule is CCCC(c1ccc(C(=O)NCCC(=O)O)cc1)C(c1ccc(Cl)cc1)c1cccc2c(F)c(C)ccc12. The van der Waals surface area contributed by atoms with E-state index >= 15 is 4.39 Å². The van der Waals surface area contributed by atoms with E-state index in [4.69, 9.17) is 16.7 Å². The first-order valence-electron chi connectivity index (χ1n) is 12.8. The number of nitrogens with one attached hydrogen (secondary N) is 1. The van der Waals surface area contributed by atoms with Gasteiger partial charge in [0.1, 0.15) is 5.82 Å². The molecule has 196 valence electrons. The van der Waals surface area contributed by atoms with Gasteiger partial charge in [-0.05, 0) is 71.2 Å². The van der Waals surface area contributed by atoms with Gasteiger partial charge in [-0.2, -0.15) is 0 Å². The van der Waals surface area contributed by atoms with Crippen molar-refractivity contribution in [3.63, 3.8) is 0 Å². The summed E-state index contributed by atoms with van der Waals surface area (Å²) in [6.45, 7) is 3.99. The van der Waals surface area contributed by atoms with Crippen LogP contribution in [-0.2, 0) is 4.79 Å². The average Bonchev–Trinajstić information content (AvgIpc) is 2.91. The molecular formula is C32H31ClFNO3. The number of aliphatic carboxylic acids is 1. The number of carboxylic acids is 1. The summed E-state index contributed by atoms with van der Waals surface area (Å²) in [5.74, 6) is -1.49. The van der Waals surface area contributed by atoms with Gasteiger partial charge in [0.05, 0.1) is 6.42 Å². The Bertz CT molecular complexity index is 1430. The number of carbonyl (C=O) groups excluding carboxylic acids is 1. The Morgan fingerprint density at radius 2 is 1.61 bits per heavy atom. The number of aryl methyl sites for hydroxylation is 1. The first-order chi connectivity index (χ1) is 18.3. The summed E-state index contributed by atoms with van der Waals surface area (Å²) >= 11 is 6.23. The molecule has 0 saturated carbocycles. The van der Waals surface area contributed by atoms with E-state index in [0.717, 1.165) is 34.9 Å². The van der Waals surface area contributed by atoms with E-state index in [0.29, 0.717) is 21.5 Å². The molecule has 0 bridgehead atoms. The Kier molecular flexibility index (Phi) is 8.80. The Balaban J connectivity index is 1.78. The quantitative estimate of drug-likeness (QED) is 0.219. The van der Waals surface area contributed by atoms with Crippen LogP contribution >= 0.6 is 11.6 Å². The highest BCUT2D eigenvalue weighted by Gasteiger charge is 2.28. The molecule has 0 aliphatic rings. The molecule has 0 aliphatic carbocycles. The normalized spacial score (nSPS) is 12.7. The molecule has 6 heteroatoms. The molecule has 2 unspecified atom stereocenters. The molecule has 0 aliphatic heterocycles. The molecule has 2 N–H and O–H groups in total. The molecule has 4 aromatic carbocycles. The number of fused-ring (bicyclic) bond motifs is 1. The van der Waals surface area contributed by atoms with Crippen molar-refractivity contribution in [2.24, 2.45) is 0 Å². The summed E-state index contributed by atoms with van der Waals surface area (Å²) in [6, 6.07) is 24.9. The van der Waals surface area contributed by atoms with Gasteiger partial charge >= 0.3 is 5.97 Å². The lowest BCUT2D eigenvalue weighted by Gasteiger charge is -2.30. The van der Waals surface area contributed by atoms with E-state index in [1.807, 2.05) is 60.7 Å². The molecule has 0 heterocycles. The van der Waals surface area contributed by atoms with Crippen molar-refractivity contribution >= 4 is 34.2 Å². The summed E-state index contributed by atoms with van der Waals surface area (Å²) in [5, 5.41) is 13.6. The molecule has 4 rings (SSSR count). The summed E-state index contributed by atoms with van der Waals surface area (Å²) in [5.41, 5.74) is 4.27. The maximum absolute atomic E-state index is 15.1. The highest BCUT2D eigenvalue weighted by molar-refractivity contribution is 6.30. The number of halogens is 2. The minimum absolute atomic E-state index is 0.0558. The van der Waals surface area contributed by atoms with Crippen molar-refractivity contribution in [3.05, 3.63) is 118 Å². The van der Waals surface area contributed by atoms with E-state index in [9.17, 15) is 9.59 Å². The number of rotatable bonds is 10. The van der Waals surface area contributed by atoms with Gasteiger partial charge in [0.15, 0.2) is 0 Å². The molecule has 0 fully saturated rings. The van der Waals surface area contributed by atoms with Crippen LogP contribution in [-0.4, -0.2) is 23.5 Å². The molecule has 4 nitrogen and oxygen atoms in total. The van der Waals surface area contributed by atoms with Gasteiger partial charge in [-0.25, -0.2) is 4.39 Å². The molecule has 2 atom stereocenters. The second kappa shape index (κ2) is 12.2. The highest BCUT2D eigenvalue weighted by atomic mass is 35.5.